The molecule has 0 amide bonds. The maximum atomic E-state index is 2.69. The van der Waals surface area contributed by atoms with Gasteiger partial charge in [-0.3, -0.25) is 0 Å². The normalized spacial score (nSPS) is 48.6. The predicted molar refractivity (Wildman–Crippen MR) is 83.9 cm³/mol. The molecule has 0 radical (unpaired) electrons. The quantitative estimate of drug-likeness (QED) is 0.450. The highest BCUT2D eigenvalue weighted by Gasteiger charge is 2.52. The molecule has 0 saturated heterocycles. The summed E-state index contributed by atoms with van der Waals surface area (Å²) in [5, 5.41) is 0. The van der Waals surface area contributed by atoms with Crippen molar-refractivity contribution in [3.05, 3.63) is 22.8 Å². The first-order chi connectivity index (χ1) is 9.18. The Kier molecular flexibility index (Phi) is 2.76. The van der Waals surface area contributed by atoms with Crippen LogP contribution >= 0.6 is 0 Å². The molecule has 0 spiro atoms. The molecule has 0 aliphatic heterocycles. The van der Waals surface area contributed by atoms with E-state index in [1.165, 1.54) is 38.5 Å². The van der Waals surface area contributed by atoms with Crippen LogP contribution < -0.4 is 0 Å². The summed E-state index contributed by atoms with van der Waals surface area (Å²) in [6.07, 6.45) is 11.4. The predicted octanol–water partition coefficient (Wildman–Crippen LogP) is 4.15. The molecule has 102 valence electrons. The van der Waals surface area contributed by atoms with Gasteiger partial charge in [-0.05, 0) is 74.9 Å². The Morgan fingerprint density at radius 2 is 1.84 bits per heavy atom. The number of allylic oxidation sites excluding steroid dienone is 4. The van der Waals surface area contributed by atoms with Crippen LogP contribution in [0.4, 0.5) is 0 Å². The fourth-order valence-electron chi connectivity index (χ4n) is 6.05. The Hall–Kier alpha value is -0.455. The van der Waals surface area contributed by atoms with Crippen molar-refractivity contribution in [3.8, 4) is 0 Å². The summed E-state index contributed by atoms with van der Waals surface area (Å²) in [6.45, 7) is 4.94. The number of fused-ring (bicyclic) bond motifs is 2. The number of hydrogen-bond acceptors (Lipinski definition) is 0. The summed E-state index contributed by atoms with van der Waals surface area (Å²) in [5.41, 5.74) is 5.54. The van der Waals surface area contributed by atoms with Crippen molar-refractivity contribution in [2.45, 2.75) is 58.2 Å². The van der Waals surface area contributed by atoms with Crippen molar-refractivity contribution in [3.63, 3.8) is 0 Å². The van der Waals surface area contributed by atoms with Crippen molar-refractivity contribution >= 4 is 7.85 Å². The smallest absolute Gasteiger partial charge is 0.0813 e. The summed E-state index contributed by atoms with van der Waals surface area (Å²) in [4.78, 5) is 0. The van der Waals surface area contributed by atoms with Crippen LogP contribution in [0.15, 0.2) is 22.8 Å². The van der Waals surface area contributed by atoms with Gasteiger partial charge in [-0.25, -0.2) is 0 Å². The number of rotatable bonds is 0. The van der Waals surface area contributed by atoms with Crippen molar-refractivity contribution in [2.75, 3.05) is 0 Å². The van der Waals surface area contributed by atoms with Crippen LogP contribution in [0, 0.1) is 29.6 Å². The molecule has 0 heterocycles. The zero-order valence-electron chi connectivity index (χ0n) is 12.8. The first-order valence-corrected chi connectivity index (χ1v) is 8.58. The lowest BCUT2D eigenvalue weighted by Crippen LogP contribution is -2.39. The van der Waals surface area contributed by atoms with Crippen LogP contribution in [0.2, 0.25) is 5.82 Å². The van der Waals surface area contributed by atoms with Gasteiger partial charge in [0, 0.05) is 5.92 Å². The molecule has 6 unspecified atom stereocenters. The molecule has 1 saturated carbocycles. The largest absolute Gasteiger partial charge is 0.111 e. The lowest BCUT2D eigenvalue weighted by atomic mass is 9.53. The van der Waals surface area contributed by atoms with E-state index in [1.54, 1.807) is 5.57 Å². The van der Waals surface area contributed by atoms with E-state index in [9.17, 15) is 0 Å². The molecule has 4 rings (SSSR count). The maximum Gasteiger partial charge on any atom is 0.111 e. The van der Waals surface area contributed by atoms with E-state index >= 15 is 0 Å². The Labute approximate surface area is 119 Å². The van der Waals surface area contributed by atoms with E-state index < -0.39 is 0 Å². The van der Waals surface area contributed by atoms with Gasteiger partial charge < -0.3 is 0 Å². The molecule has 19 heavy (non-hydrogen) atoms. The minimum Gasteiger partial charge on any atom is -0.0813 e. The third-order valence-corrected chi connectivity index (χ3v) is 7.05. The van der Waals surface area contributed by atoms with Crippen molar-refractivity contribution in [1.29, 1.82) is 0 Å². The highest BCUT2D eigenvalue weighted by molar-refractivity contribution is 6.14. The first-order valence-electron chi connectivity index (χ1n) is 8.58. The minimum absolute atomic E-state index is 0.845. The minimum atomic E-state index is 0.845. The third-order valence-electron chi connectivity index (χ3n) is 7.05. The van der Waals surface area contributed by atoms with E-state index in [4.69, 9.17) is 0 Å². The average Bonchev–Trinajstić information content (AvgIpc) is 2.74. The fraction of sp³-hybridized carbons (Fsp3) is 0.778. The zero-order valence-corrected chi connectivity index (χ0v) is 12.8. The molecule has 4 aliphatic rings. The van der Waals surface area contributed by atoms with Gasteiger partial charge in [-0.15, -0.1) is 0 Å². The molecule has 4 aliphatic carbocycles. The van der Waals surface area contributed by atoms with Crippen LogP contribution in [-0.2, 0) is 0 Å². The Balaban J connectivity index is 1.83. The summed E-state index contributed by atoms with van der Waals surface area (Å²) >= 11 is 0. The van der Waals surface area contributed by atoms with Gasteiger partial charge in [0.15, 0.2) is 0 Å². The molecule has 0 aromatic rings. The Morgan fingerprint density at radius 3 is 2.63 bits per heavy atom. The van der Waals surface area contributed by atoms with Gasteiger partial charge in [-0.2, -0.15) is 0 Å². The topological polar surface area (TPSA) is 0 Å². The molecule has 1 heteroatoms. The van der Waals surface area contributed by atoms with E-state index in [1.807, 2.05) is 11.1 Å². The van der Waals surface area contributed by atoms with Crippen LogP contribution in [0.5, 0.6) is 0 Å². The van der Waals surface area contributed by atoms with Crippen molar-refractivity contribution < 1.29 is 0 Å². The summed E-state index contributed by atoms with van der Waals surface area (Å²) in [5.74, 6) is 5.59. The van der Waals surface area contributed by atoms with Crippen LogP contribution in [0.25, 0.3) is 0 Å². The standard InChI is InChI=1S/C18H27B/c1-10-7-8-14-17-15(9-11(2)18(14)19)12-5-3-4-6-13(12)16(10)17/h9-10,14-18H,3-8,19H2,1-2H3. The van der Waals surface area contributed by atoms with E-state index in [2.05, 4.69) is 27.8 Å². The second-order valence-corrected chi connectivity index (χ2v) is 7.80. The van der Waals surface area contributed by atoms with E-state index in [0.29, 0.717) is 0 Å². The van der Waals surface area contributed by atoms with Crippen molar-refractivity contribution in [2.24, 2.45) is 29.6 Å². The van der Waals surface area contributed by atoms with Gasteiger partial charge in [0.2, 0.25) is 0 Å². The second kappa shape index (κ2) is 4.27. The molecule has 0 aromatic heterocycles. The van der Waals surface area contributed by atoms with Gasteiger partial charge in [0.25, 0.3) is 0 Å². The number of hydrogen-bond donors (Lipinski definition) is 0. The van der Waals surface area contributed by atoms with Crippen LogP contribution in [0.1, 0.15) is 52.4 Å². The van der Waals surface area contributed by atoms with Gasteiger partial charge in [0.1, 0.15) is 7.85 Å². The van der Waals surface area contributed by atoms with E-state index in [0.717, 1.165) is 35.4 Å². The molecule has 0 aromatic carbocycles. The molecule has 6 atom stereocenters. The Bertz CT molecular complexity index is 458. The van der Waals surface area contributed by atoms with E-state index in [-0.39, 0.29) is 0 Å². The zero-order chi connectivity index (χ0) is 13.1. The van der Waals surface area contributed by atoms with Crippen molar-refractivity contribution in [1.82, 2.24) is 0 Å². The SMILES string of the molecule is BC1C(C)=CC2C3=C(CCCC3)C3C(C)CCC1C23. The van der Waals surface area contributed by atoms with Crippen LogP contribution in [-0.4, -0.2) is 7.85 Å². The molecule has 1 fully saturated rings. The molecular formula is C18H27B. The highest BCUT2D eigenvalue weighted by atomic mass is 14.6. The molecule has 0 bridgehead atoms. The van der Waals surface area contributed by atoms with Gasteiger partial charge in [-0.1, -0.05) is 29.7 Å². The first kappa shape index (κ1) is 12.3. The monoisotopic (exact) mass is 254 g/mol. The molecule has 0 nitrogen and oxygen atoms in total. The molecule has 0 N–H and O–H groups in total. The van der Waals surface area contributed by atoms with Gasteiger partial charge in [0.05, 0.1) is 0 Å². The lowest BCUT2D eigenvalue weighted by molar-refractivity contribution is 0.108. The third kappa shape index (κ3) is 1.60. The van der Waals surface area contributed by atoms with Crippen LogP contribution in [0.3, 0.4) is 0 Å². The summed E-state index contributed by atoms with van der Waals surface area (Å²) in [6, 6.07) is 0. The maximum absolute atomic E-state index is 2.69. The summed E-state index contributed by atoms with van der Waals surface area (Å²) in [7, 11) is 2.50. The molecular weight excluding hydrogens is 227 g/mol. The lowest BCUT2D eigenvalue weighted by Gasteiger charge is -2.47. The Morgan fingerprint density at radius 1 is 1.11 bits per heavy atom. The van der Waals surface area contributed by atoms with Gasteiger partial charge >= 0.3 is 0 Å². The average molecular weight is 254 g/mol. The highest BCUT2D eigenvalue weighted by Crippen LogP contribution is 2.62. The summed E-state index contributed by atoms with van der Waals surface area (Å²) < 4.78 is 0. The second-order valence-electron chi connectivity index (χ2n) is 7.80. The fourth-order valence-corrected chi connectivity index (χ4v) is 6.05.